The van der Waals surface area contributed by atoms with Gasteiger partial charge in [-0.15, -0.1) is 0 Å². The molecule has 2 heterocycles. The van der Waals surface area contributed by atoms with Gasteiger partial charge in [0.2, 0.25) is 17.7 Å². The summed E-state index contributed by atoms with van der Waals surface area (Å²) < 4.78 is 48.0. The zero-order valence-corrected chi connectivity index (χ0v) is 24.1. The molecule has 1 fully saturated rings. The first kappa shape index (κ1) is 29.9. The van der Waals surface area contributed by atoms with Crippen LogP contribution >= 0.6 is 34.4 Å². The number of primary amides is 1. The third-order valence-electron chi connectivity index (χ3n) is 5.93. The van der Waals surface area contributed by atoms with Crippen LogP contribution in [-0.2, 0) is 12.8 Å². The standard InChI is InChI=1S/C27H25F3IN5O3S/c28-27(29,30)22-15-20(6-7-21(22)24(32)38)40-23-16-33-26(36-11-9-35(10-12-36)8-1-2-13-37)34-25(23)39-17-18-4-3-5-19(31)14-18/h3-7,14-16,37H,8-13,17H2,(H2,32,38). The first-order valence-corrected chi connectivity index (χ1v) is 14.0. The van der Waals surface area contributed by atoms with Gasteiger partial charge in [0.15, 0.2) is 0 Å². The van der Waals surface area contributed by atoms with Crippen molar-refractivity contribution < 1.29 is 27.8 Å². The highest BCUT2D eigenvalue weighted by molar-refractivity contribution is 14.1. The van der Waals surface area contributed by atoms with Crippen molar-refractivity contribution in [3.05, 3.63) is 68.9 Å². The number of anilines is 1. The Bertz CT molecular complexity index is 1420. The number of hydrogen-bond acceptors (Lipinski definition) is 8. The average molecular weight is 683 g/mol. The van der Waals surface area contributed by atoms with Gasteiger partial charge in [-0.1, -0.05) is 35.7 Å². The van der Waals surface area contributed by atoms with Crippen molar-refractivity contribution in [2.75, 3.05) is 44.2 Å². The number of nitrogens with two attached hydrogens (primary N) is 1. The molecule has 2 aromatic carbocycles. The summed E-state index contributed by atoms with van der Waals surface area (Å²) in [7, 11) is 0. The molecule has 0 saturated carbocycles. The van der Waals surface area contributed by atoms with Gasteiger partial charge in [0.05, 0.1) is 28.8 Å². The van der Waals surface area contributed by atoms with Gasteiger partial charge in [0.1, 0.15) is 13.2 Å². The average Bonchev–Trinajstić information content (AvgIpc) is 2.92. The van der Waals surface area contributed by atoms with E-state index in [-0.39, 0.29) is 24.0 Å². The topological polar surface area (TPSA) is 105 Å². The normalized spacial score (nSPS) is 14.0. The molecule has 1 saturated heterocycles. The lowest BCUT2D eigenvalue weighted by atomic mass is 10.1. The molecule has 3 aromatic rings. The van der Waals surface area contributed by atoms with Crippen molar-refractivity contribution in [3.63, 3.8) is 0 Å². The monoisotopic (exact) mass is 683 g/mol. The number of halogens is 4. The van der Waals surface area contributed by atoms with E-state index in [2.05, 4.69) is 49.3 Å². The maximum atomic E-state index is 13.6. The molecule has 0 spiro atoms. The number of hydrogen-bond donors (Lipinski definition) is 2. The van der Waals surface area contributed by atoms with E-state index in [1.807, 2.05) is 29.2 Å². The van der Waals surface area contributed by atoms with Gasteiger partial charge in [-0.3, -0.25) is 9.69 Å². The molecule has 1 aliphatic rings. The Hall–Kier alpha value is -3.06. The fourth-order valence-electron chi connectivity index (χ4n) is 3.94. The second kappa shape index (κ2) is 13.5. The first-order valence-electron chi connectivity index (χ1n) is 12.1. The van der Waals surface area contributed by atoms with E-state index >= 15 is 0 Å². The van der Waals surface area contributed by atoms with Crippen LogP contribution in [0.2, 0.25) is 0 Å². The van der Waals surface area contributed by atoms with Gasteiger partial charge in [-0.05, 0) is 58.5 Å². The third kappa shape index (κ3) is 8.00. The van der Waals surface area contributed by atoms with E-state index in [0.717, 1.165) is 46.1 Å². The zero-order chi connectivity index (χ0) is 28.7. The van der Waals surface area contributed by atoms with Crippen LogP contribution in [0, 0.1) is 15.4 Å². The molecule has 0 bridgehead atoms. The number of aliphatic hydroxyl groups excluding tert-OH is 1. The Morgan fingerprint density at radius 2 is 1.93 bits per heavy atom. The molecule has 3 N–H and O–H groups in total. The molecule has 13 heteroatoms. The molecule has 210 valence electrons. The molecular formula is C27H25F3IN5O3S. The molecule has 0 aliphatic carbocycles. The Morgan fingerprint density at radius 1 is 1.15 bits per heavy atom. The highest BCUT2D eigenvalue weighted by atomic mass is 127. The largest absolute Gasteiger partial charge is 0.472 e. The fraction of sp³-hybridized carbons (Fsp3) is 0.296. The molecule has 0 unspecified atom stereocenters. The Labute approximate surface area is 247 Å². The molecular weight excluding hydrogens is 658 g/mol. The lowest BCUT2D eigenvalue weighted by molar-refractivity contribution is -0.138. The number of carbonyl (C=O) groups is 1. The summed E-state index contributed by atoms with van der Waals surface area (Å²) in [6.45, 7) is 3.34. The number of rotatable bonds is 8. The van der Waals surface area contributed by atoms with Crippen molar-refractivity contribution >= 4 is 46.2 Å². The minimum absolute atomic E-state index is 0.171. The second-order valence-corrected chi connectivity index (χ2v) is 11.1. The molecule has 40 heavy (non-hydrogen) atoms. The quantitative estimate of drug-likeness (QED) is 0.271. The summed E-state index contributed by atoms with van der Waals surface area (Å²) in [5, 5.41) is 8.84. The summed E-state index contributed by atoms with van der Waals surface area (Å²) in [5.74, 6) is 5.09. The van der Waals surface area contributed by atoms with E-state index in [1.165, 1.54) is 12.3 Å². The highest BCUT2D eigenvalue weighted by Crippen LogP contribution is 2.39. The Balaban J connectivity index is 1.59. The zero-order valence-electron chi connectivity index (χ0n) is 21.1. The van der Waals surface area contributed by atoms with E-state index in [4.69, 9.17) is 15.6 Å². The van der Waals surface area contributed by atoms with Crippen LogP contribution in [0.5, 0.6) is 5.88 Å². The number of ether oxygens (including phenoxy) is 1. The van der Waals surface area contributed by atoms with Gasteiger partial charge in [-0.25, -0.2) is 4.98 Å². The number of piperazine rings is 1. The van der Waals surface area contributed by atoms with Gasteiger partial charge in [-0.2, -0.15) is 18.2 Å². The molecule has 4 rings (SSSR count). The predicted octanol–water partition coefficient (Wildman–Crippen LogP) is 4.05. The number of amides is 1. The minimum atomic E-state index is -4.75. The molecule has 1 amide bonds. The van der Waals surface area contributed by atoms with Crippen LogP contribution in [0.25, 0.3) is 0 Å². The lowest BCUT2D eigenvalue weighted by Gasteiger charge is -2.33. The number of aromatic nitrogens is 2. The van der Waals surface area contributed by atoms with Gasteiger partial charge >= 0.3 is 6.18 Å². The maximum absolute atomic E-state index is 13.6. The van der Waals surface area contributed by atoms with Gasteiger partial charge in [0, 0.05) is 34.6 Å². The van der Waals surface area contributed by atoms with Crippen molar-refractivity contribution in [2.45, 2.75) is 22.6 Å². The summed E-state index contributed by atoms with van der Waals surface area (Å²) in [4.78, 5) is 25.5. The van der Waals surface area contributed by atoms with Crippen LogP contribution in [0.15, 0.2) is 58.5 Å². The summed E-state index contributed by atoms with van der Waals surface area (Å²) in [5.41, 5.74) is 4.36. The van der Waals surface area contributed by atoms with Crippen LogP contribution in [0.1, 0.15) is 21.5 Å². The van der Waals surface area contributed by atoms with E-state index in [0.29, 0.717) is 30.5 Å². The van der Waals surface area contributed by atoms with E-state index in [1.54, 1.807) is 0 Å². The highest BCUT2D eigenvalue weighted by Gasteiger charge is 2.35. The number of carbonyl (C=O) groups excluding carboxylic acids is 1. The third-order valence-corrected chi connectivity index (χ3v) is 7.59. The number of benzene rings is 2. The van der Waals surface area contributed by atoms with E-state index in [9.17, 15) is 18.0 Å². The molecule has 1 aromatic heterocycles. The number of aliphatic hydroxyl groups is 1. The van der Waals surface area contributed by atoms with Crippen molar-refractivity contribution in [2.24, 2.45) is 5.73 Å². The molecule has 0 radical (unpaired) electrons. The first-order chi connectivity index (χ1) is 19.1. The predicted molar refractivity (Wildman–Crippen MR) is 153 cm³/mol. The molecule has 0 atom stereocenters. The molecule has 8 nitrogen and oxygen atoms in total. The van der Waals surface area contributed by atoms with Crippen LogP contribution in [-0.4, -0.2) is 65.2 Å². The SMILES string of the molecule is NC(=O)c1ccc(Sc2cnc(N3CCN(CC#CCO)CC3)nc2OCc2cccc(I)c2)cc1C(F)(F)F. The summed E-state index contributed by atoms with van der Waals surface area (Å²) in [6.07, 6.45) is -3.22. The second-order valence-electron chi connectivity index (χ2n) is 8.70. The number of alkyl halides is 3. The van der Waals surface area contributed by atoms with Gasteiger partial charge in [0.25, 0.3) is 0 Å². The summed E-state index contributed by atoms with van der Waals surface area (Å²) >= 11 is 3.21. The van der Waals surface area contributed by atoms with Gasteiger partial charge < -0.3 is 20.5 Å². The molecule has 1 aliphatic heterocycles. The van der Waals surface area contributed by atoms with Crippen LogP contribution < -0.4 is 15.4 Å². The summed E-state index contributed by atoms with van der Waals surface area (Å²) in [6, 6.07) is 11.1. The smallest absolute Gasteiger partial charge is 0.417 e. The van der Waals surface area contributed by atoms with Crippen molar-refractivity contribution in [1.29, 1.82) is 0 Å². The lowest BCUT2D eigenvalue weighted by Crippen LogP contribution is -2.47. The minimum Gasteiger partial charge on any atom is -0.472 e. The van der Waals surface area contributed by atoms with Crippen LogP contribution in [0.3, 0.4) is 0 Å². The Kier molecular flexibility index (Phi) is 10.1. The number of nitrogens with zero attached hydrogens (tertiary/aromatic N) is 4. The van der Waals surface area contributed by atoms with Crippen LogP contribution in [0.4, 0.5) is 19.1 Å². The van der Waals surface area contributed by atoms with Crippen molar-refractivity contribution in [3.8, 4) is 17.7 Å². The fourth-order valence-corrected chi connectivity index (χ4v) is 5.42. The Morgan fingerprint density at radius 3 is 2.60 bits per heavy atom. The maximum Gasteiger partial charge on any atom is 0.417 e. The van der Waals surface area contributed by atoms with E-state index < -0.39 is 23.2 Å². The van der Waals surface area contributed by atoms with Crippen molar-refractivity contribution in [1.82, 2.24) is 14.9 Å².